The Morgan fingerprint density at radius 2 is 2.12 bits per heavy atom. The number of nitrogens with zero attached hydrogens (tertiary/aromatic N) is 3. The van der Waals surface area contributed by atoms with Gasteiger partial charge < -0.3 is 14.5 Å². The van der Waals surface area contributed by atoms with Crippen LogP contribution in [0.2, 0.25) is 5.02 Å². The van der Waals surface area contributed by atoms with Crippen LogP contribution in [-0.2, 0) is 11.3 Å². The van der Waals surface area contributed by atoms with Crippen LogP contribution in [0.4, 0.5) is 10.2 Å². The SMILES string of the molecule is C[C@H]1CN(c2cc3c(c(-c4ccc(Cl)cc4F)n2)CN(C)C3=O)CCO1. The van der Waals surface area contributed by atoms with Crippen molar-refractivity contribution < 1.29 is 13.9 Å². The fourth-order valence-electron chi connectivity index (χ4n) is 3.52. The van der Waals surface area contributed by atoms with Crippen molar-refractivity contribution in [2.75, 3.05) is 31.6 Å². The number of amides is 1. The first-order chi connectivity index (χ1) is 12.4. The fraction of sp³-hybridized carbons (Fsp3) is 0.368. The Morgan fingerprint density at radius 3 is 2.85 bits per heavy atom. The van der Waals surface area contributed by atoms with Crippen molar-refractivity contribution in [1.82, 2.24) is 9.88 Å². The van der Waals surface area contributed by atoms with E-state index >= 15 is 0 Å². The molecule has 0 radical (unpaired) electrons. The Bertz CT molecular complexity index is 889. The van der Waals surface area contributed by atoms with Crippen LogP contribution >= 0.6 is 11.6 Å². The molecule has 26 heavy (non-hydrogen) atoms. The zero-order chi connectivity index (χ0) is 18.4. The van der Waals surface area contributed by atoms with Crippen LogP contribution in [0.1, 0.15) is 22.8 Å². The van der Waals surface area contributed by atoms with Gasteiger partial charge in [-0.15, -0.1) is 0 Å². The number of carbonyl (C=O) groups is 1. The molecular formula is C19H19ClFN3O2. The highest BCUT2D eigenvalue weighted by Crippen LogP contribution is 2.35. The number of anilines is 1. The summed E-state index contributed by atoms with van der Waals surface area (Å²) in [5, 5.41) is 0.328. The van der Waals surface area contributed by atoms with E-state index in [0.717, 1.165) is 5.56 Å². The molecule has 2 aliphatic rings. The van der Waals surface area contributed by atoms with E-state index in [1.54, 1.807) is 24.1 Å². The normalized spacial score (nSPS) is 19.8. The lowest BCUT2D eigenvalue weighted by Crippen LogP contribution is -2.41. The van der Waals surface area contributed by atoms with Crippen molar-refractivity contribution in [3.05, 3.63) is 46.2 Å². The minimum Gasteiger partial charge on any atom is -0.375 e. The zero-order valence-corrected chi connectivity index (χ0v) is 15.4. The lowest BCUT2D eigenvalue weighted by atomic mass is 10.0. The maximum Gasteiger partial charge on any atom is 0.254 e. The summed E-state index contributed by atoms with van der Waals surface area (Å²) in [4.78, 5) is 21.0. The standard InChI is InChI=1S/C19H19ClFN3O2/c1-11-9-24(5-6-26-11)17-8-14-15(10-23(2)19(14)25)18(22-17)13-4-3-12(20)7-16(13)21/h3-4,7-8,11H,5-6,9-10H2,1-2H3/t11-/m0/s1. The highest BCUT2D eigenvalue weighted by molar-refractivity contribution is 6.30. The van der Waals surface area contributed by atoms with Crippen molar-refractivity contribution in [1.29, 1.82) is 0 Å². The summed E-state index contributed by atoms with van der Waals surface area (Å²) in [6, 6.07) is 6.35. The molecule has 3 heterocycles. The molecule has 5 nitrogen and oxygen atoms in total. The van der Waals surface area contributed by atoms with Crippen molar-refractivity contribution in [2.45, 2.75) is 19.6 Å². The summed E-state index contributed by atoms with van der Waals surface area (Å²) < 4.78 is 20.2. The average molecular weight is 376 g/mol. The predicted octanol–water partition coefficient (Wildman–Crippen LogP) is 3.35. The van der Waals surface area contributed by atoms with E-state index < -0.39 is 5.82 Å². The van der Waals surface area contributed by atoms with E-state index in [-0.39, 0.29) is 12.0 Å². The summed E-state index contributed by atoms with van der Waals surface area (Å²) in [5.41, 5.74) is 2.20. The third kappa shape index (κ3) is 2.93. The van der Waals surface area contributed by atoms with Crippen LogP contribution in [0.3, 0.4) is 0 Å². The molecular weight excluding hydrogens is 357 g/mol. The fourth-order valence-corrected chi connectivity index (χ4v) is 3.68. The van der Waals surface area contributed by atoms with Gasteiger partial charge in [0.15, 0.2) is 0 Å². The van der Waals surface area contributed by atoms with Gasteiger partial charge in [-0.25, -0.2) is 9.37 Å². The second-order valence-electron chi connectivity index (χ2n) is 6.77. The van der Waals surface area contributed by atoms with Gasteiger partial charge in [-0.05, 0) is 31.2 Å². The van der Waals surface area contributed by atoms with E-state index in [0.29, 0.717) is 53.9 Å². The second-order valence-corrected chi connectivity index (χ2v) is 7.20. The molecule has 136 valence electrons. The van der Waals surface area contributed by atoms with Crippen LogP contribution in [0.25, 0.3) is 11.3 Å². The summed E-state index contributed by atoms with van der Waals surface area (Å²) in [5.74, 6) is 0.161. The van der Waals surface area contributed by atoms with E-state index in [1.165, 1.54) is 6.07 Å². The quantitative estimate of drug-likeness (QED) is 0.807. The first-order valence-corrected chi connectivity index (χ1v) is 8.93. The predicted molar refractivity (Wildman–Crippen MR) is 98.1 cm³/mol. The van der Waals surface area contributed by atoms with Gasteiger partial charge in [-0.3, -0.25) is 4.79 Å². The van der Waals surface area contributed by atoms with Gasteiger partial charge in [0.2, 0.25) is 0 Å². The number of pyridine rings is 1. The van der Waals surface area contributed by atoms with Gasteiger partial charge in [-0.2, -0.15) is 0 Å². The Kier molecular flexibility index (Phi) is 4.32. The number of hydrogen-bond donors (Lipinski definition) is 0. The molecule has 1 fully saturated rings. The number of carbonyl (C=O) groups excluding carboxylic acids is 1. The minimum absolute atomic E-state index is 0.0689. The number of rotatable bonds is 2. The van der Waals surface area contributed by atoms with Crippen LogP contribution in [0, 0.1) is 5.82 Å². The lowest BCUT2D eigenvalue weighted by Gasteiger charge is -2.32. The summed E-state index contributed by atoms with van der Waals surface area (Å²) in [7, 11) is 1.74. The highest BCUT2D eigenvalue weighted by Gasteiger charge is 2.31. The smallest absolute Gasteiger partial charge is 0.254 e. The minimum atomic E-state index is -0.443. The van der Waals surface area contributed by atoms with Crippen molar-refractivity contribution in [2.24, 2.45) is 0 Å². The Balaban J connectivity index is 1.87. The van der Waals surface area contributed by atoms with Gasteiger partial charge in [0.05, 0.1) is 24.0 Å². The van der Waals surface area contributed by atoms with Crippen molar-refractivity contribution in [3.63, 3.8) is 0 Å². The van der Waals surface area contributed by atoms with Gasteiger partial charge in [0.25, 0.3) is 5.91 Å². The first kappa shape index (κ1) is 17.2. The third-order valence-electron chi connectivity index (χ3n) is 4.83. The molecule has 4 rings (SSSR count). The molecule has 2 aliphatic heterocycles. The van der Waals surface area contributed by atoms with Crippen LogP contribution in [0.15, 0.2) is 24.3 Å². The largest absolute Gasteiger partial charge is 0.375 e. The topological polar surface area (TPSA) is 45.7 Å². The van der Waals surface area contributed by atoms with E-state index in [9.17, 15) is 9.18 Å². The molecule has 7 heteroatoms. The molecule has 1 aromatic heterocycles. The number of hydrogen-bond acceptors (Lipinski definition) is 4. The number of fused-ring (bicyclic) bond motifs is 1. The van der Waals surface area contributed by atoms with Crippen LogP contribution < -0.4 is 4.90 Å². The number of halogens is 2. The lowest BCUT2D eigenvalue weighted by molar-refractivity contribution is 0.0529. The number of ether oxygens (including phenoxy) is 1. The molecule has 0 aliphatic carbocycles. The molecule has 0 bridgehead atoms. The summed E-state index contributed by atoms with van der Waals surface area (Å²) in [6.07, 6.45) is 0.0768. The Labute approximate surface area is 156 Å². The molecule has 1 saturated heterocycles. The summed E-state index contributed by atoms with van der Waals surface area (Å²) in [6.45, 7) is 4.37. The molecule has 2 aromatic rings. The van der Waals surface area contributed by atoms with E-state index in [1.807, 2.05) is 13.0 Å². The summed E-state index contributed by atoms with van der Waals surface area (Å²) >= 11 is 5.89. The number of aromatic nitrogens is 1. The van der Waals surface area contributed by atoms with Gasteiger partial charge >= 0.3 is 0 Å². The number of morpholine rings is 1. The van der Waals surface area contributed by atoms with Gasteiger partial charge in [0.1, 0.15) is 11.6 Å². The van der Waals surface area contributed by atoms with E-state index in [2.05, 4.69) is 4.90 Å². The molecule has 1 aromatic carbocycles. The van der Waals surface area contributed by atoms with E-state index in [4.69, 9.17) is 21.3 Å². The van der Waals surface area contributed by atoms with Gasteiger partial charge in [0, 0.05) is 42.8 Å². The Hall–Kier alpha value is -2.18. The van der Waals surface area contributed by atoms with Gasteiger partial charge in [-0.1, -0.05) is 11.6 Å². The van der Waals surface area contributed by atoms with Crippen molar-refractivity contribution in [3.8, 4) is 11.3 Å². The number of benzene rings is 1. The zero-order valence-electron chi connectivity index (χ0n) is 14.6. The maximum absolute atomic E-state index is 14.6. The Morgan fingerprint density at radius 1 is 1.31 bits per heavy atom. The molecule has 0 saturated carbocycles. The molecule has 0 N–H and O–H groups in total. The van der Waals surface area contributed by atoms with Crippen LogP contribution in [0.5, 0.6) is 0 Å². The highest BCUT2D eigenvalue weighted by atomic mass is 35.5. The molecule has 0 spiro atoms. The molecule has 0 unspecified atom stereocenters. The molecule has 1 atom stereocenters. The third-order valence-corrected chi connectivity index (χ3v) is 5.07. The maximum atomic E-state index is 14.6. The van der Waals surface area contributed by atoms with Crippen molar-refractivity contribution >= 4 is 23.3 Å². The van der Waals surface area contributed by atoms with Crippen LogP contribution in [-0.4, -0.2) is 48.6 Å². The average Bonchev–Trinajstić information content (AvgIpc) is 2.89. The monoisotopic (exact) mass is 375 g/mol. The first-order valence-electron chi connectivity index (χ1n) is 8.55. The second kappa shape index (κ2) is 6.52. The molecule has 1 amide bonds.